The number of rotatable bonds is 6. The molecule has 0 atom stereocenters. The molecule has 0 aliphatic carbocycles. The summed E-state index contributed by atoms with van der Waals surface area (Å²) in [7, 11) is 0. The number of benzene rings is 1. The number of halogens is 2. The van der Waals surface area contributed by atoms with E-state index in [1.807, 2.05) is 12.1 Å². The van der Waals surface area contributed by atoms with Crippen molar-refractivity contribution in [1.29, 1.82) is 0 Å². The highest BCUT2D eigenvalue weighted by molar-refractivity contribution is 14.0. The third-order valence-electron chi connectivity index (χ3n) is 2.58. The van der Waals surface area contributed by atoms with E-state index in [-0.39, 0.29) is 24.0 Å². The Balaban J connectivity index is 0.00000361. The summed E-state index contributed by atoms with van der Waals surface area (Å²) in [5, 5.41) is 7.34. The quantitative estimate of drug-likeness (QED) is 0.324. The Morgan fingerprint density at radius 2 is 1.90 bits per heavy atom. The Bertz CT molecular complexity index is 391. The van der Waals surface area contributed by atoms with Crippen LogP contribution in [0.3, 0.4) is 0 Å². The number of aliphatic imine (C=N–C) groups is 1. The second-order valence-corrected chi connectivity index (χ2v) is 5.23. The van der Waals surface area contributed by atoms with Crippen LogP contribution in [0, 0.1) is 0 Å². The predicted octanol–water partition coefficient (Wildman–Crippen LogP) is 3.85. The van der Waals surface area contributed by atoms with Gasteiger partial charge >= 0.3 is 0 Å². The van der Waals surface area contributed by atoms with Crippen LogP contribution >= 0.6 is 35.6 Å². The summed E-state index contributed by atoms with van der Waals surface area (Å²) in [6, 6.07) is 8.41. The van der Waals surface area contributed by atoms with Gasteiger partial charge in [0.2, 0.25) is 0 Å². The summed E-state index contributed by atoms with van der Waals surface area (Å²) in [6.45, 7) is 8.01. The summed E-state index contributed by atoms with van der Waals surface area (Å²) in [5.41, 5.74) is 1.31. The van der Waals surface area contributed by atoms with Crippen LogP contribution in [0.4, 0.5) is 0 Å². The van der Waals surface area contributed by atoms with E-state index in [2.05, 4.69) is 48.5 Å². The summed E-state index contributed by atoms with van der Waals surface area (Å²) >= 11 is 5.86. The van der Waals surface area contributed by atoms with Crippen LogP contribution in [0.1, 0.15) is 32.8 Å². The topological polar surface area (TPSA) is 36.4 Å². The minimum absolute atomic E-state index is 0. The molecule has 3 nitrogen and oxygen atoms in total. The minimum atomic E-state index is 0. The summed E-state index contributed by atoms with van der Waals surface area (Å²) in [6.07, 6.45) is 2.07. The maximum absolute atomic E-state index is 5.86. The molecule has 2 N–H and O–H groups in total. The Hall–Kier alpha value is -0.490. The van der Waals surface area contributed by atoms with Crippen molar-refractivity contribution in [2.75, 3.05) is 13.1 Å². The first-order valence-electron chi connectivity index (χ1n) is 6.91. The Morgan fingerprint density at radius 3 is 2.45 bits per heavy atom. The highest BCUT2D eigenvalue weighted by Gasteiger charge is 1.99. The van der Waals surface area contributed by atoms with E-state index in [0.717, 1.165) is 36.9 Å². The molecule has 0 saturated heterocycles. The number of guanidine groups is 1. The van der Waals surface area contributed by atoms with Gasteiger partial charge in [0.25, 0.3) is 0 Å². The van der Waals surface area contributed by atoms with Gasteiger partial charge in [0.1, 0.15) is 0 Å². The molecule has 0 amide bonds. The molecule has 0 aliphatic rings. The van der Waals surface area contributed by atoms with E-state index >= 15 is 0 Å². The van der Waals surface area contributed by atoms with Crippen LogP contribution in [-0.2, 0) is 6.42 Å². The normalized spacial score (nSPS) is 11.2. The van der Waals surface area contributed by atoms with Crippen LogP contribution < -0.4 is 10.6 Å². The fourth-order valence-electron chi connectivity index (χ4n) is 1.72. The van der Waals surface area contributed by atoms with Crippen molar-refractivity contribution >= 4 is 41.5 Å². The predicted molar refractivity (Wildman–Crippen MR) is 99.4 cm³/mol. The number of aryl methyl sites for hydroxylation is 1. The Kier molecular flexibility index (Phi) is 10.9. The Morgan fingerprint density at radius 1 is 1.25 bits per heavy atom. The summed E-state index contributed by atoms with van der Waals surface area (Å²) in [4.78, 5) is 4.55. The maximum Gasteiger partial charge on any atom is 0.191 e. The van der Waals surface area contributed by atoms with E-state index in [1.165, 1.54) is 5.56 Å². The van der Waals surface area contributed by atoms with Crippen LogP contribution in [0.5, 0.6) is 0 Å². The van der Waals surface area contributed by atoms with Crippen LogP contribution in [-0.4, -0.2) is 25.1 Å². The number of hydrogen-bond donors (Lipinski definition) is 2. The minimum Gasteiger partial charge on any atom is -0.357 e. The standard InChI is InChI=1S/C15H24ClN3.HI/c1-4-17-15(19-12(2)3)18-11-5-6-13-7-9-14(16)10-8-13;/h7-10,12H,4-6,11H2,1-3H3,(H2,17,18,19);1H. The first-order valence-corrected chi connectivity index (χ1v) is 7.29. The second-order valence-electron chi connectivity index (χ2n) is 4.79. The molecule has 1 aromatic carbocycles. The van der Waals surface area contributed by atoms with Crippen LogP contribution in [0.15, 0.2) is 29.3 Å². The van der Waals surface area contributed by atoms with Gasteiger partial charge in [0.15, 0.2) is 5.96 Å². The van der Waals surface area contributed by atoms with Gasteiger partial charge in [0, 0.05) is 24.2 Å². The molecular weight excluding hydrogens is 385 g/mol. The van der Waals surface area contributed by atoms with Crippen molar-refractivity contribution in [1.82, 2.24) is 10.6 Å². The molecule has 0 heterocycles. The highest BCUT2D eigenvalue weighted by Crippen LogP contribution is 2.10. The SMILES string of the molecule is CCNC(=NCCCc1ccc(Cl)cc1)NC(C)C.I. The van der Waals surface area contributed by atoms with E-state index in [9.17, 15) is 0 Å². The molecule has 20 heavy (non-hydrogen) atoms. The van der Waals surface area contributed by atoms with Gasteiger partial charge in [-0.3, -0.25) is 4.99 Å². The molecule has 0 fully saturated rings. The van der Waals surface area contributed by atoms with Crippen molar-refractivity contribution in [2.45, 2.75) is 39.7 Å². The van der Waals surface area contributed by atoms with E-state index in [0.29, 0.717) is 6.04 Å². The molecular formula is C15H25ClIN3. The van der Waals surface area contributed by atoms with Gasteiger partial charge < -0.3 is 10.6 Å². The first-order chi connectivity index (χ1) is 9.11. The van der Waals surface area contributed by atoms with E-state index in [1.54, 1.807) is 0 Å². The fourth-order valence-corrected chi connectivity index (χ4v) is 1.84. The van der Waals surface area contributed by atoms with E-state index in [4.69, 9.17) is 11.6 Å². The molecule has 114 valence electrons. The largest absolute Gasteiger partial charge is 0.357 e. The van der Waals surface area contributed by atoms with E-state index < -0.39 is 0 Å². The van der Waals surface area contributed by atoms with Crippen molar-refractivity contribution < 1.29 is 0 Å². The summed E-state index contributed by atoms with van der Waals surface area (Å²) in [5.74, 6) is 0.897. The average Bonchev–Trinajstić information content (AvgIpc) is 2.36. The van der Waals surface area contributed by atoms with Gasteiger partial charge in [-0.2, -0.15) is 0 Å². The lowest BCUT2D eigenvalue weighted by atomic mass is 10.1. The third kappa shape index (κ3) is 8.64. The van der Waals surface area contributed by atoms with Crippen LogP contribution in [0.25, 0.3) is 0 Å². The molecule has 1 rings (SSSR count). The van der Waals surface area contributed by atoms with Crippen molar-refractivity contribution in [2.24, 2.45) is 4.99 Å². The zero-order valence-electron chi connectivity index (χ0n) is 12.4. The van der Waals surface area contributed by atoms with Gasteiger partial charge in [-0.25, -0.2) is 0 Å². The zero-order chi connectivity index (χ0) is 14.1. The number of nitrogens with zero attached hydrogens (tertiary/aromatic N) is 1. The van der Waals surface area contributed by atoms with Crippen molar-refractivity contribution in [3.05, 3.63) is 34.9 Å². The van der Waals surface area contributed by atoms with Crippen molar-refractivity contribution in [3.63, 3.8) is 0 Å². The van der Waals surface area contributed by atoms with Crippen LogP contribution in [0.2, 0.25) is 5.02 Å². The molecule has 0 saturated carbocycles. The smallest absolute Gasteiger partial charge is 0.191 e. The van der Waals surface area contributed by atoms with Gasteiger partial charge in [-0.15, -0.1) is 24.0 Å². The van der Waals surface area contributed by atoms with Crippen molar-refractivity contribution in [3.8, 4) is 0 Å². The lowest BCUT2D eigenvalue weighted by Crippen LogP contribution is -2.41. The lowest BCUT2D eigenvalue weighted by Gasteiger charge is -2.13. The highest BCUT2D eigenvalue weighted by atomic mass is 127. The second kappa shape index (κ2) is 11.2. The third-order valence-corrected chi connectivity index (χ3v) is 2.83. The molecule has 0 radical (unpaired) electrons. The number of nitrogens with one attached hydrogen (secondary N) is 2. The first kappa shape index (κ1) is 19.5. The van der Waals surface area contributed by atoms with Gasteiger partial charge in [0.05, 0.1) is 0 Å². The monoisotopic (exact) mass is 409 g/mol. The molecule has 0 bridgehead atoms. The zero-order valence-corrected chi connectivity index (χ0v) is 15.5. The lowest BCUT2D eigenvalue weighted by molar-refractivity contribution is 0.696. The fraction of sp³-hybridized carbons (Fsp3) is 0.533. The van der Waals surface area contributed by atoms with Gasteiger partial charge in [-0.05, 0) is 51.3 Å². The average molecular weight is 410 g/mol. The molecule has 0 aliphatic heterocycles. The molecule has 1 aromatic rings. The summed E-state index contributed by atoms with van der Waals surface area (Å²) < 4.78 is 0. The molecule has 0 spiro atoms. The Labute approximate surface area is 144 Å². The maximum atomic E-state index is 5.86. The molecule has 0 unspecified atom stereocenters. The molecule has 0 aromatic heterocycles. The number of hydrogen-bond acceptors (Lipinski definition) is 1. The van der Waals surface area contributed by atoms with Gasteiger partial charge in [-0.1, -0.05) is 23.7 Å². The molecule has 5 heteroatoms.